The van der Waals surface area contributed by atoms with Gasteiger partial charge in [-0.2, -0.15) is 0 Å². The first-order chi connectivity index (χ1) is 27.6. The highest BCUT2D eigenvalue weighted by molar-refractivity contribution is 5.70. The fourth-order valence-electron chi connectivity index (χ4n) is 6.58. The number of ether oxygens (including phenoxy) is 3. The molecule has 0 heterocycles. The van der Waals surface area contributed by atoms with Gasteiger partial charge in [0.15, 0.2) is 6.10 Å². The molecular weight excluding hydrogens is 715 g/mol. The average molecular weight is 802 g/mol. The Labute approximate surface area is 350 Å². The van der Waals surface area contributed by atoms with Crippen LogP contribution in [0.5, 0.6) is 0 Å². The van der Waals surface area contributed by atoms with Crippen molar-refractivity contribution in [1.29, 1.82) is 0 Å². The highest BCUT2D eigenvalue weighted by Crippen LogP contribution is 2.14. The van der Waals surface area contributed by atoms with E-state index in [0.29, 0.717) is 12.8 Å². The fourth-order valence-corrected chi connectivity index (χ4v) is 6.58. The van der Waals surface area contributed by atoms with Crippen molar-refractivity contribution in [2.24, 2.45) is 0 Å². The van der Waals surface area contributed by atoms with Crippen LogP contribution in [-0.4, -0.2) is 75.5 Å². The number of allylic oxidation sites excluding steroid dienone is 8. The summed E-state index contributed by atoms with van der Waals surface area (Å²) in [5.41, 5.74) is 0. The molecule has 0 aromatic heterocycles. The van der Waals surface area contributed by atoms with Crippen LogP contribution < -0.4 is 5.11 Å². The first-order valence-corrected chi connectivity index (χ1v) is 23.2. The quantitative estimate of drug-likeness (QED) is 0.0262. The van der Waals surface area contributed by atoms with Crippen LogP contribution in [-0.2, 0) is 28.6 Å². The Morgan fingerprint density at radius 2 is 0.930 bits per heavy atom. The number of esters is 2. The zero-order valence-electron chi connectivity index (χ0n) is 37.5. The lowest BCUT2D eigenvalue weighted by Crippen LogP contribution is -2.55. The number of hydrogen-bond donors (Lipinski definition) is 0. The molecule has 0 aliphatic carbocycles. The topological polar surface area (TPSA) is 102 Å². The van der Waals surface area contributed by atoms with Crippen molar-refractivity contribution in [2.45, 2.75) is 206 Å². The SMILES string of the molecule is CCCCC/C=C/C/C=C/C/C=C/C/C=C/CCCCCCCC(=O)OCC(COCCC(C(=O)[O-])[N+](C)(C)C)OC(=O)CCCCCCCCCCCCCC. The Kier molecular flexibility index (Phi) is 38.2. The van der Waals surface area contributed by atoms with Crippen LogP contribution in [0.2, 0.25) is 0 Å². The van der Waals surface area contributed by atoms with Crippen LogP contribution >= 0.6 is 0 Å². The molecule has 0 aliphatic rings. The van der Waals surface area contributed by atoms with E-state index in [4.69, 9.17) is 14.2 Å². The molecule has 0 N–H and O–H groups in total. The van der Waals surface area contributed by atoms with Gasteiger partial charge in [-0.3, -0.25) is 9.59 Å². The summed E-state index contributed by atoms with van der Waals surface area (Å²) < 4.78 is 17.2. The lowest BCUT2D eigenvalue weighted by molar-refractivity contribution is -0.889. The van der Waals surface area contributed by atoms with E-state index in [1.165, 1.54) is 83.5 Å². The third-order valence-electron chi connectivity index (χ3n) is 10.2. The highest BCUT2D eigenvalue weighted by atomic mass is 16.6. The molecular formula is C49H87NO7. The van der Waals surface area contributed by atoms with E-state index in [1.54, 1.807) is 21.1 Å². The summed E-state index contributed by atoms with van der Waals surface area (Å²) in [7, 11) is 5.40. The van der Waals surface area contributed by atoms with Gasteiger partial charge in [-0.1, -0.05) is 165 Å². The lowest BCUT2D eigenvalue weighted by atomic mass is 10.0. The Bertz CT molecular complexity index is 1070. The number of nitrogens with zero attached hydrogens (tertiary/aromatic N) is 1. The summed E-state index contributed by atoms with van der Waals surface area (Å²) >= 11 is 0. The van der Waals surface area contributed by atoms with Crippen molar-refractivity contribution in [1.82, 2.24) is 0 Å². The Balaban J connectivity index is 4.31. The van der Waals surface area contributed by atoms with Gasteiger partial charge < -0.3 is 28.6 Å². The Morgan fingerprint density at radius 3 is 1.40 bits per heavy atom. The van der Waals surface area contributed by atoms with Crippen molar-refractivity contribution in [2.75, 3.05) is 41.0 Å². The third kappa shape index (κ3) is 38.6. The predicted octanol–water partition coefficient (Wildman–Crippen LogP) is 11.5. The normalized spacial score (nSPS) is 13.4. The molecule has 8 nitrogen and oxygen atoms in total. The molecule has 0 saturated heterocycles. The van der Waals surface area contributed by atoms with Crippen molar-refractivity contribution >= 4 is 17.9 Å². The van der Waals surface area contributed by atoms with Gasteiger partial charge in [0.25, 0.3) is 0 Å². The maximum atomic E-state index is 12.7. The van der Waals surface area contributed by atoms with Crippen molar-refractivity contribution < 1.29 is 38.2 Å². The number of carboxylic acid groups (broad SMARTS) is 1. The van der Waals surface area contributed by atoms with Gasteiger partial charge in [0, 0.05) is 19.3 Å². The minimum absolute atomic E-state index is 0.0355. The monoisotopic (exact) mass is 802 g/mol. The summed E-state index contributed by atoms with van der Waals surface area (Å²) in [4.78, 5) is 36.9. The van der Waals surface area contributed by atoms with Crippen molar-refractivity contribution in [3.05, 3.63) is 48.6 Å². The van der Waals surface area contributed by atoms with Crippen molar-refractivity contribution in [3.8, 4) is 0 Å². The van der Waals surface area contributed by atoms with E-state index in [0.717, 1.165) is 77.0 Å². The zero-order valence-corrected chi connectivity index (χ0v) is 37.5. The molecule has 0 rings (SSSR count). The standard InChI is InChI=1S/C49H87NO7/c1-6-8-10-12-14-16-18-20-21-22-23-24-25-26-27-28-30-31-33-35-37-39-47(51)56-44-45(43-55-42-41-46(49(53)54)50(3,4)5)57-48(52)40-38-36-34-32-29-19-17-15-13-11-9-7-2/h14,16,20-21,23-24,26-27,45-46H,6-13,15,17-19,22,25,28-44H2,1-5H3/b16-14+,21-20+,24-23+,27-26+. The predicted molar refractivity (Wildman–Crippen MR) is 236 cm³/mol. The number of quaternary nitrogens is 1. The first kappa shape index (κ1) is 54.3. The molecule has 0 saturated carbocycles. The maximum Gasteiger partial charge on any atom is 0.306 e. The number of likely N-dealkylation sites (N-methyl/N-ethyl adjacent to an activating group) is 1. The van der Waals surface area contributed by atoms with Gasteiger partial charge in [-0.25, -0.2) is 0 Å². The second kappa shape index (κ2) is 40.1. The van der Waals surface area contributed by atoms with E-state index in [9.17, 15) is 19.5 Å². The number of rotatable bonds is 41. The molecule has 0 radical (unpaired) electrons. The van der Waals surface area contributed by atoms with Gasteiger partial charge >= 0.3 is 11.9 Å². The van der Waals surface area contributed by atoms with E-state index in [1.807, 2.05) is 0 Å². The molecule has 0 bridgehead atoms. The zero-order chi connectivity index (χ0) is 42.1. The number of unbranched alkanes of at least 4 members (excludes halogenated alkanes) is 19. The van der Waals surface area contributed by atoms with Gasteiger partial charge in [0.05, 0.1) is 40.3 Å². The molecule has 330 valence electrons. The second-order valence-electron chi connectivity index (χ2n) is 16.6. The van der Waals surface area contributed by atoms with E-state index in [2.05, 4.69) is 62.5 Å². The first-order valence-electron chi connectivity index (χ1n) is 23.2. The molecule has 2 unspecified atom stereocenters. The summed E-state index contributed by atoms with van der Waals surface area (Å²) in [5.74, 6) is -1.76. The Morgan fingerprint density at radius 1 is 0.526 bits per heavy atom. The summed E-state index contributed by atoms with van der Waals surface area (Å²) in [6.45, 7) is 4.61. The number of hydrogen-bond acceptors (Lipinski definition) is 7. The molecule has 0 aliphatic heterocycles. The molecule has 2 atom stereocenters. The molecule has 0 spiro atoms. The fraction of sp³-hybridized carbons (Fsp3) is 0.776. The maximum absolute atomic E-state index is 12.7. The number of aliphatic carboxylic acids is 1. The van der Waals surface area contributed by atoms with Crippen LogP contribution in [0.4, 0.5) is 0 Å². The summed E-state index contributed by atoms with van der Waals surface area (Å²) in [5, 5.41) is 11.6. The van der Waals surface area contributed by atoms with Crippen LogP contribution in [0.3, 0.4) is 0 Å². The Hall–Kier alpha value is -2.71. The average Bonchev–Trinajstić information content (AvgIpc) is 3.17. The minimum Gasteiger partial charge on any atom is -0.544 e. The van der Waals surface area contributed by atoms with E-state index in [-0.39, 0.29) is 42.7 Å². The minimum atomic E-state index is -1.13. The molecule has 0 amide bonds. The highest BCUT2D eigenvalue weighted by Gasteiger charge is 2.25. The van der Waals surface area contributed by atoms with Gasteiger partial charge in [-0.05, 0) is 57.8 Å². The van der Waals surface area contributed by atoms with Crippen LogP contribution in [0.25, 0.3) is 0 Å². The van der Waals surface area contributed by atoms with Gasteiger partial charge in [0.2, 0.25) is 0 Å². The van der Waals surface area contributed by atoms with Gasteiger partial charge in [-0.15, -0.1) is 0 Å². The smallest absolute Gasteiger partial charge is 0.306 e. The lowest BCUT2D eigenvalue weighted by Gasteiger charge is -2.34. The summed E-state index contributed by atoms with van der Waals surface area (Å²) in [6.07, 6.45) is 47.0. The van der Waals surface area contributed by atoms with E-state index < -0.39 is 18.1 Å². The molecule has 0 aromatic carbocycles. The number of carboxylic acids is 1. The van der Waals surface area contributed by atoms with E-state index >= 15 is 0 Å². The number of carbonyl (C=O) groups excluding carboxylic acids is 3. The second-order valence-corrected chi connectivity index (χ2v) is 16.6. The summed E-state index contributed by atoms with van der Waals surface area (Å²) in [6, 6.07) is -0.728. The van der Waals surface area contributed by atoms with Crippen LogP contribution in [0.1, 0.15) is 194 Å². The molecule has 8 heteroatoms. The largest absolute Gasteiger partial charge is 0.544 e. The van der Waals surface area contributed by atoms with Crippen LogP contribution in [0.15, 0.2) is 48.6 Å². The molecule has 57 heavy (non-hydrogen) atoms. The number of carbonyl (C=O) groups is 3. The van der Waals surface area contributed by atoms with Crippen molar-refractivity contribution in [3.63, 3.8) is 0 Å². The van der Waals surface area contributed by atoms with Crippen LogP contribution in [0, 0.1) is 0 Å². The van der Waals surface area contributed by atoms with Gasteiger partial charge in [0.1, 0.15) is 12.6 Å². The third-order valence-corrected chi connectivity index (χ3v) is 10.2. The molecule has 0 aromatic rings. The molecule has 0 fully saturated rings.